The molecule has 0 spiro atoms. The number of hydrogen-bond donors (Lipinski definition) is 1. The molecule has 1 aliphatic rings. The maximum Gasteiger partial charge on any atom is 0.238 e. The average Bonchev–Trinajstić information content (AvgIpc) is 3.53. The number of nitrogens with zero attached hydrogens (tertiary/aromatic N) is 6. The van der Waals surface area contributed by atoms with E-state index in [4.69, 9.17) is 4.74 Å². The Labute approximate surface area is 181 Å². The van der Waals surface area contributed by atoms with E-state index in [0.717, 1.165) is 18.4 Å². The minimum absolute atomic E-state index is 0.129. The van der Waals surface area contributed by atoms with Crippen LogP contribution in [-0.4, -0.2) is 50.5 Å². The maximum absolute atomic E-state index is 13.1. The van der Waals surface area contributed by atoms with Crippen molar-refractivity contribution < 1.29 is 13.2 Å². The van der Waals surface area contributed by atoms with E-state index in [1.165, 1.54) is 7.11 Å². The van der Waals surface area contributed by atoms with Crippen LogP contribution in [0, 0.1) is 6.92 Å². The normalized spacial score (nSPS) is 16.0. The van der Waals surface area contributed by atoms with E-state index in [-0.39, 0.29) is 12.0 Å². The van der Waals surface area contributed by atoms with Gasteiger partial charge in [-0.2, -0.15) is 0 Å². The third kappa shape index (κ3) is 4.36. The Balaban J connectivity index is 1.62. The number of pyridine rings is 1. The van der Waals surface area contributed by atoms with Crippen LogP contribution in [0.15, 0.2) is 30.6 Å². The summed E-state index contributed by atoms with van der Waals surface area (Å²) in [5.74, 6) is 1.21. The lowest BCUT2D eigenvalue weighted by atomic mass is 10.1. The molecule has 2 atom stereocenters. The third-order valence-electron chi connectivity index (χ3n) is 5.40. The molecule has 0 saturated heterocycles. The predicted octanol–water partition coefficient (Wildman–Crippen LogP) is 2.72. The van der Waals surface area contributed by atoms with Crippen molar-refractivity contribution in [3.63, 3.8) is 0 Å². The quantitative estimate of drug-likeness (QED) is 0.563. The van der Waals surface area contributed by atoms with Gasteiger partial charge in [-0.1, -0.05) is 13.0 Å². The zero-order valence-electron chi connectivity index (χ0n) is 17.8. The van der Waals surface area contributed by atoms with Crippen molar-refractivity contribution in [2.45, 2.75) is 50.8 Å². The van der Waals surface area contributed by atoms with Crippen LogP contribution >= 0.6 is 0 Å². The van der Waals surface area contributed by atoms with E-state index in [9.17, 15) is 8.42 Å². The fourth-order valence-electron chi connectivity index (χ4n) is 3.20. The van der Waals surface area contributed by atoms with Crippen LogP contribution in [0.25, 0.3) is 11.5 Å². The molecule has 0 radical (unpaired) electrons. The van der Waals surface area contributed by atoms with Crippen LogP contribution in [0.3, 0.4) is 0 Å². The molecule has 1 saturated carbocycles. The number of aryl methyl sites for hydroxylation is 1. The van der Waals surface area contributed by atoms with Gasteiger partial charge < -0.3 is 4.74 Å². The van der Waals surface area contributed by atoms with Crippen molar-refractivity contribution in [1.82, 2.24) is 29.7 Å². The first-order valence-electron chi connectivity index (χ1n) is 10.1. The first kappa shape index (κ1) is 21.2. The lowest BCUT2D eigenvalue weighted by molar-refractivity contribution is 0.398. The van der Waals surface area contributed by atoms with Gasteiger partial charge >= 0.3 is 0 Å². The van der Waals surface area contributed by atoms with Crippen molar-refractivity contribution in [3.05, 3.63) is 42.0 Å². The number of ether oxygens (including phenoxy) is 1. The predicted molar refractivity (Wildman–Crippen MR) is 115 cm³/mol. The summed E-state index contributed by atoms with van der Waals surface area (Å²) in [4.78, 5) is 13.0. The standard InChI is InChI=1S/C20H25N7O3S/c1-12-10-21-18(22-11-12)13(2)14(3)31(28,29)26-20-25-24-19(27(20)15-8-9-15)16-6-5-7-17(23-16)30-4/h5-7,10-11,13-15H,8-9H2,1-4H3,(H,25,26)/t13-,14-/m0/s1. The lowest BCUT2D eigenvalue weighted by Gasteiger charge is -2.20. The van der Waals surface area contributed by atoms with E-state index < -0.39 is 21.2 Å². The summed E-state index contributed by atoms with van der Waals surface area (Å²) in [6.45, 7) is 5.32. The Hall–Kier alpha value is -3.08. The van der Waals surface area contributed by atoms with Gasteiger partial charge in [0.15, 0.2) is 5.82 Å². The Morgan fingerprint density at radius 1 is 1.16 bits per heavy atom. The molecular formula is C20H25N7O3S. The second-order valence-electron chi connectivity index (χ2n) is 7.77. The van der Waals surface area contributed by atoms with Gasteiger partial charge in [0.05, 0.1) is 12.4 Å². The molecule has 1 N–H and O–H groups in total. The van der Waals surface area contributed by atoms with E-state index >= 15 is 0 Å². The highest BCUT2D eigenvalue weighted by molar-refractivity contribution is 7.93. The van der Waals surface area contributed by atoms with Gasteiger partial charge in [-0.3, -0.25) is 9.29 Å². The van der Waals surface area contributed by atoms with Gasteiger partial charge in [0.25, 0.3) is 0 Å². The minimum atomic E-state index is -3.78. The summed E-state index contributed by atoms with van der Waals surface area (Å²) in [5.41, 5.74) is 1.49. The number of nitrogens with one attached hydrogen (secondary N) is 1. The summed E-state index contributed by atoms with van der Waals surface area (Å²) < 4.78 is 35.9. The highest BCUT2D eigenvalue weighted by Crippen LogP contribution is 2.40. The number of rotatable bonds is 8. The molecule has 0 bridgehead atoms. The molecule has 31 heavy (non-hydrogen) atoms. The summed E-state index contributed by atoms with van der Waals surface area (Å²) in [5, 5.41) is 7.57. The van der Waals surface area contributed by atoms with Crippen LogP contribution < -0.4 is 9.46 Å². The molecule has 164 valence electrons. The number of hydrogen-bond acceptors (Lipinski definition) is 8. The summed E-state index contributed by atoms with van der Waals surface area (Å²) in [6, 6.07) is 5.47. The van der Waals surface area contributed by atoms with Gasteiger partial charge in [-0.25, -0.2) is 23.4 Å². The topological polar surface area (TPSA) is 125 Å². The van der Waals surface area contributed by atoms with Crippen LogP contribution in [0.2, 0.25) is 0 Å². The summed E-state index contributed by atoms with van der Waals surface area (Å²) >= 11 is 0. The second kappa shape index (κ2) is 8.22. The largest absolute Gasteiger partial charge is 0.481 e. The SMILES string of the molecule is COc1cccc(-c2nnc(NS(=O)(=O)[C@@H](C)[C@H](C)c3ncc(C)cn3)n2C2CC2)n1. The molecule has 0 aromatic carbocycles. The third-order valence-corrected chi connectivity index (χ3v) is 7.26. The number of sulfonamides is 1. The Kier molecular flexibility index (Phi) is 5.61. The van der Waals surface area contributed by atoms with Gasteiger partial charge in [0.1, 0.15) is 11.5 Å². The molecule has 3 aromatic heterocycles. The van der Waals surface area contributed by atoms with E-state index in [1.807, 2.05) is 13.0 Å². The molecule has 11 heteroatoms. The summed E-state index contributed by atoms with van der Waals surface area (Å²) in [6.07, 6.45) is 5.21. The van der Waals surface area contributed by atoms with Crippen molar-refractivity contribution >= 4 is 16.0 Å². The second-order valence-corrected chi connectivity index (χ2v) is 9.81. The van der Waals surface area contributed by atoms with Crippen molar-refractivity contribution in [1.29, 1.82) is 0 Å². The molecule has 4 rings (SSSR count). The van der Waals surface area contributed by atoms with E-state index in [0.29, 0.717) is 23.2 Å². The molecule has 1 fully saturated rings. The van der Waals surface area contributed by atoms with Gasteiger partial charge in [-0.05, 0) is 38.3 Å². The number of anilines is 1. The smallest absolute Gasteiger partial charge is 0.238 e. The van der Waals surface area contributed by atoms with Crippen LogP contribution in [0.4, 0.5) is 5.95 Å². The van der Waals surface area contributed by atoms with Crippen LogP contribution in [0.1, 0.15) is 50.0 Å². The average molecular weight is 444 g/mol. The molecule has 0 amide bonds. The first-order valence-corrected chi connectivity index (χ1v) is 11.6. The fraction of sp³-hybridized carbons (Fsp3) is 0.450. The van der Waals surface area contributed by atoms with Gasteiger partial charge in [0, 0.05) is 30.4 Å². The fourth-order valence-corrected chi connectivity index (χ4v) is 4.44. The first-order chi connectivity index (χ1) is 14.8. The van der Waals surface area contributed by atoms with Gasteiger partial charge in [0.2, 0.25) is 21.9 Å². The molecule has 0 unspecified atom stereocenters. The molecule has 3 aromatic rings. The zero-order valence-corrected chi connectivity index (χ0v) is 18.7. The highest BCUT2D eigenvalue weighted by atomic mass is 32.2. The van der Waals surface area contributed by atoms with Crippen LogP contribution in [-0.2, 0) is 10.0 Å². The molecule has 1 aliphatic carbocycles. The highest BCUT2D eigenvalue weighted by Gasteiger charge is 2.35. The van der Waals surface area contributed by atoms with Crippen molar-refractivity contribution in [3.8, 4) is 17.4 Å². The molecule has 10 nitrogen and oxygen atoms in total. The van der Waals surface area contributed by atoms with Crippen molar-refractivity contribution in [2.75, 3.05) is 11.8 Å². The lowest BCUT2D eigenvalue weighted by Crippen LogP contribution is -2.31. The molecule has 3 heterocycles. The van der Waals surface area contributed by atoms with E-state index in [1.54, 1.807) is 42.9 Å². The number of methoxy groups -OCH3 is 1. The van der Waals surface area contributed by atoms with Gasteiger partial charge in [-0.15, -0.1) is 10.2 Å². The monoisotopic (exact) mass is 443 g/mol. The maximum atomic E-state index is 13.1. The molecular weight excluding hydrogens is 418 g/mol. The zero-order chi connectivity index (χ0) is 22.2. The van der Waals surface area contributed by atoms with Crippen LogP contribution in [0.5, 0.6) is 5.88 Å². The number of aromatic nitrogens is 6. The van der Waals surface area contributed by atoms with E-state index in [2.05, 4.69) is 29.9 Å². The Bertz CT molecular complexity index is 1170. The Morgan fingerprint density at radius 2 is 1.87 bits per heavy atom. The summed E-state index contributed by atoms with van der Waals surface area (Å²) in [7, 11) is -2.24. The Morgan fingerprint density at radius 3 is 2.52 bits per heavy atom. The molecule has 0 aliphatic heterocycles. The minimum Gasteiger partial charge on any atom is -0.481 e. The van der Waals surface area contributed by atoms with Crippen molar-refractivity contribution in [2.24, 2.45) is 0 Å².